The molecule has 0 aromatic heterocycles. The SMILES string of the molecule is O=C1NC(=O)c2c(SC(F)(Cl)Cl)cccc21. The van der Waals surface area contributed by atoms with Gasteiger partial charge in [0.2, 0.25) is 0 Å². The topological polar surface area (TPSA) is 46.2 Å². The molecule has 0 unspecified atom stereocenters. The van der Waals surface area contributed by atoms with Crippen LogP contribution in [-0.2, 0) is 0 Å². The predicted octanol–water partition coefficient (Wildman–Crippen LogP) is 2.72. The van der Waals surface area contributed by atoms with Crippen molar-refractivity contribution in [2.24, 2.45) is 0 Å². The van der Waals surface area contributed by atoms with E-state index >= 15 is 0 Å². The predicted molar refractivity (Wildman–Crippen MR) is 59.6 cm³/mol. The zero-order valence-electron chi connectivity index (χ0n) is 7.59. The van der Waals surface area contributed by atoms with Gasteiger partial charge in [-0.3, -0.25) is 14.9 Å². The molecule has 0 fully saturated rings. The molecule has 0 saturated heterocycles. The standard InChI is InChI=1S/C9H4Cl2FNO2S/c10-9(11,12)16-5-3-1-2-4-6(5)8(15)13-7(4)14/h1-3H,(H,13,14,15). The minimum atomic E-state index is -2.54. The molecule has 3 nitrogen and oxygen atoms in total. The summed E-state index contributed by atoms with van der Waals surface area (Å²) in [4.78, 5) is 23.0. The van der Waals surface area contributed by atoms with Gasteiger partial charge in [-0.05, 0) is 12.1 Å². The Morgan fingerprint density at radius 3 is 2.56 bits per heavy atom. The van der Waals surface area contributed by atoms with Gasteiger partial charge >= 0.3 is 3.92 Å². The summed E-state index contributed by atoms with van der Waals surface area (Å²) < 4.78 is 10.5. The van der Waals surface area contributed by atoms with Crippen LogP contribution in [0.5, 0.6) is 0 Å². The van der Waals surface area contributed by atoms with Crippen LogP contribution in [0.1, 0.15) is 20.7 Å². The van der Waals surface area contributed by atoms with E-state index in [0.29, 0.717) is 11.8 Å². The molecule has 84 valence electrons. The zero-order chi connectivity index (χ0) is 11.9. The van der Waals surface area contributed by atoms with E-state index in [1.54, 1.807) is 0 Å². The Morgan fingerprint density at radius 2 is 1.94 bits per heavy atom. The first-order valence-electron chi connectivity index (χ1n) is 4.13. The first kappa shape index (κ1) is 11.7. The number of imide groups is 1. The molecule has 1 aliphatic heterocycles. The van der Waals surface area contributed by atoms with Crippen molar-refractivity contribution in [1.82, 2.24) is 5.32 Å². The highest BCUT2D eigenvalue weighted by atomic mass is 35.5. The van der Waals surface area contributed by atoms with Gasteiger partial charge in [0.25, 0.3) is 11.8 Å². The van der Waals surface area contributed by atoms with Crippen LogP contribution < -0.4 is 5.32 Å². The maximum Gasteiger partial charge on any atom is 0.309 e. The first-order chi connectivity index (χ1) is 7.38. The molecule has 1 aromatic carbocycles. The number of nitrogens with one attached hydrogen (secondary N) is 1. The molecule has 2 amide bonds. The van der Waals surface area contributed by atoms with E-state index in [9.17, 15) is 14.0 Å². The van der Waals surface area contributed by atoms with Gasteiger partial charge in [-0.1, -0.05) is 41.0 Å². The quantitative estimate of drug-likeness (QED) is 0.514. The van der Waals surface area contributed by atoms with Crippen molar-refractivity contribution in [3.63, 3.8) is 0 Å². The number of alkyl halides is 3. The maximum absolute atomic E-state index is 13.0. The molecule has 1 heterocycles. The molecule has 7 heteroatoms. The van der Waals surface area contributed by atoms with Gasteiger partial charge in [-0.2, -0.15) is 4.39 Å². The summed E-state index contributed by atoms with van der Waals surface area (Å²) >= 11 is 10.9. The average molecular weight is 280 g/mol. The number of fused-ring (bicyclic) bond motifs is 1. The van der Waals surface area contributed by atoms with Crippen molar-refractivity contribution in [2.45, 2.75) is 8.81 Å². The van der Waals surface area contributed by atoms with Gasteiger partial charge in [0, 0.05) is 4.90 Å². The second-order valence-electron chi connectivity index (χ2n) is 3.01. The fraction of sp³-hybridized carbons (Fsp3) is 0.111. The van der Waals surface area contributed by atoms with E-state index in [2.05, 4.69) is 5.32 Å². The number of carbonyl (C=O) groups is 2. The van der Waals surface area contributed by atoms with Crippen LogP contribution in [-0.4, -0.2) is 15.7 Å². The molecule has 2 rings (SSSR count). The van der Waals surface area contributed by atoms with Crippen molar-refractivity contribution in [2.75, 3.05) is 0 Å². The Morgan fingerprint density at radius 1 is 1.25 bits per heavy atom. The van der Waals surface area contributed by atoms with Crippen LogP contribution >= 0.6 is 35.0 Å². The molecule has 1 aromatic rings. The van der Waals surface area contributed by atoms with Crippen LogP contribution in [0.15, 0.2) is 23.1 Å². The molecule has 0 radical (unpaired) electrons. The Balaban J connectivity index is 2.50. The van der Waals surface area contributed by atoms with Crippen molar-refractivity contribution in [3.05, 3.63) is 29.3 Å². The summed E-state index contributed by atoms with van der Waals surface area (Å²) in [6.45, 7) is 0. The number of hydrogen-bond acceptors (Lipinski definition) is 3. The molecular formula is C9H4Cl2FNO2S. The van der Waals surface area contributed by atoms with Gasteiger partial charge in [-0.15, -0.1) is 0 Å². The summed E-state index contributed by atoms with van der Waals surface area (Å²) in [5, 5.41) is 2.11. The van der Waals surface area contributed by atoms with E-state index in [-0.39, 0.29) is 16.0 Å². The lowest BCUT2D eigenvalue weighted by Crippen LogP contribution is -2.20. The van der Waals surface area contributed by atoms with E-state index < -0.39 is 15.7 Å². The van der Waals surface area contributed by atoms with Gasteiger partial charge in [0.05, 0.1) is 11.1 Å². The monoisotopic (exact) mass is 279 g/mol. The van der Waals surface area contributed by atoms with E-state index in [1.165, 1.54) is 18.2 Å². The lowest BCUT2D eigenvalue weighted by atomic mass is 10.1. The molecule has 1 N–H and O–H groups in total. The number of halogens is 3. The molecule has 0 bridgehead atoms. The molecule has 0 spiro atoms. The Bertz CT molecular complexity index is 487. The summed E-state index contributed by atoms with van der Waals surface area (Å²) in [6, 6.07) is 4.47. The second-order valence-corrected chi connectivity index (χ2v) is 5.90. The molecule has 0 aliphatic carbocycles. The van der Waals surface area contributed by atoms with Crippen LogP contribution in [0, 0.1) is 0 Å². The number of carbonyl (C=O) groups excluding carboxylic acids is 2. The van der Waals surface area contributed by atoms with Crippen molar-refractivity contribution in [1.29, 1.82) is 0 Å². The largest absolute Gasteiger partial charge is 0.309 e. The molecular weight excluding hydrogens is 276 g/mol. The third-order valence-corrected chi connectivity index (χ3v) is 3.21. The lowest BCUT2D eigenvalue weighted by Gasteiger charge is -2.10. The summed E-state index contributed by atoms with van der Waals surface area (Å²) in [7, 11) is 0. The highest BCUT2D eigenvalue weighted by molar-refractivity contribution is 8.03. The van der Waals surface area contributed by atoms with Gasteiger partial charge in [0.1, 0.15) is 0 Å². The van der Waals surface area contributed by atoms with Crippen LogP contribution in [0.4, 0.5) is 4.39 Å². The van der Waals surface area contributed by atoms with Crippen LogP contribution in [0.2, 0.25) is 0 Å². The smallest absolute Gasteiger partial charge is 0.288 e. The normalized spacial score (nSPS) is 14.9. The van der Waals surface area contributed by atoms with Gasteiger partial charge in [-0.25, -0.2) is 0 Å². The van der Waals surface area contributed by atoms with E-state index in [1.807, 2.05) is 0 Å². The maximum atomic E-state index is 13.0. The minimum absolute atomic E-state index is 0.112. The summed E-state index contributed by atoms with van der Waals surface area (Å²) in [5.41, 5.74) is 0.313. The summed E-state index contributed by atoms with van der Waals surface area (Å²) in [6.07, 6.45) is 0. The third-order valence-electron chi connectivity index (χ3n) is 1.95. The number of thioether (sulfide) groups is 1. The van der Waals surface area contributed by atoms with Crippen molar-refractivity contribution >= 4 is 46.8 Å². The zero-order valence-corrected chi connectivity index (χ0v) is 9.92. The average Bonchev–Trinajstić information content (AvgIpc) is 2.41. The van der Waals surface area contributed by atoms with Crippen molar-refractivity contribution < 1.29 is 14.0 Å². The van der Waals surface area contributed by atoms with Crippen molar-refractivity contribution in [3.8, 4) is 0 Å². The van der Waals surface area contributed by atoms with Crippen LogP contribution in [0.3, 0.4) is 0 Å². The Labute approximate surface area is 104 Å². The minimum Gasteiger partial charge on any atom is -0.288 e. The first-order valence-corrected chi connectivity index (χ1v) is 5.70. The van der Waals surface area contributed by atoms with Gasteiger partial charge in [0.15, 0.2) is 0 Å². The molecule has 0 saturated carbocycles. The third kappa shape index (κ3) is 2.16. The molecule has 0 atom stereocenters. The highest BCUT2D eigenvalue weighted by Crippen LogP contribution is 2.43. The number of hydrogen-bond donors (Lipinski definition) is 1. The molecule has 1 aliphatic rings. The summed E-state index contributed by atoms with van der Waals surface area (Å²) in [5.74, 6) is -1.07. The number of benzene rings is 1. The molecule has 16 heavy (non-hydrogen) atoms. The fourth-order valence-corrected chi connectivity index (χ4v) is 2.60. The van der Waals surface area contributed by atoms with E-state index in [4.69, 9.17) is 23.2 Å². The second kappa shape index (κ2) is 3.91. The Hall–Kier alpha value is -0.780. The van der Waals surface area contributed by atoms with Gasteiger partial charge < -0.3 is 0 Å². The fourth-order valence-electron chi connectivity index (χ4n) is 1.40. The Kier molecular flexibility index (Phi) is 2.86. The number of rotatable bonds is 2. The van der Waals surface area contributed by atoms with Crippen LogP contribution in [0.25, 0.3) is 0 Å². The number of amides is 2. The highest BCUT2D eigenvalue weighted by Gasteiger charge is 2.33. The lowest BCUT2D eigenvalue weighted by molar-refractivity contribution is 0.0879. The van der Waals surface area contributed by atoms with E-state index in [0.717, 1.165) is 0 Å².